The van der Waals surface area contributed by atoms with Crippen molar-refractivity contribution in [2.75, 3.05) is 20.1 Å². The van der Waals surface area contributed by atoms with Gasteiger partial charge in [-0.15, -0.1) is 12.4 Å². The molecule has 0 fully saturated rings. The maximum absolute atomic E-state index is 12.1. The van der Waals surface area contributed by atoms with Crippen LogP contribution in [0.4, 0.5) is 0 Å². The summed E-state index contributed by atoms with van der Waals surface area (Å²) in [6.45, 7) is 2.26. The summed E-state index contributed by atoms with van der Waals surface area (Å²) in [5.41, 5.74) is 6.50. The van der Waals surface area contributed by atoms with Gasteiger partial charge in [-0.05, 0) is 23.3 Å². The fourth-order valence-electron chi connectivity index (χ4n) is 2.38. The maximum Gasteiger partial charge on any atom is 0.241 e. The van der Waals surface area contributed by atoms with Crippen LogP contribution in [0.15, 0.2) is 42.5 Å². The van der Waals surface area contributed by atoms with Gasteiger partial charge in [0, 0.05) is 19.6 Å². The van der Waals surface area contributed by atoms with Gasteiger partial charge in [-0.25, -0.2) is 0 Å². The van der Waals surface area contributed by atoms with Crippen LogP contribution in [0.1, 0.15) is 12.5 Å². The van der Waals surface area contributed by atoms with Crippen LogP contribution in [0.2, 0.25) is 0 Å². The van der Waals surface area contributed by atoms with E-state index in [2.05, 4.69) is 5.32 Å². The molecule has 2 aromatic carbocycles. The summed E-state index contributed by atoms with van der Waals surface area (Å²) >= 11 is 0. The van der Waals surface area contributed by atoms with Crippen LogP contribution in [-0.4, -0.2) is 42.9 Å². The van der Waals surface area contributed by atoms with Crippen LogP contribution in [0.3, 0.4) is 0 Å². The third-order valence-corrected chi connectivity index (χ3v) is 4.06. The number of halogens is 1. The van der Waals surface area contributed by atoms with Crippen LogP contribution in [0.5, 0.6) is 0 Å². The molecule has 0 aromatic heterocycles. The highest BCUT2D eigenvalue weighted by Gasteiger charge is 2.15. The first-order valence-electron chi connectivity index (χ1n) is 7.72. The number of carbonyl (C=O) groups is 2. The summed E-state index contributed by atoms with van der Waals surface area (Å²) in [4.78, 5) is 25.6. The van der Waals surface area contributed by atoms with E-state index in [-0.39, 0.29) is 43.2 Å². The molecule has 5 nitrogen and oxygen atoms in total. The molecule has 2 rings (SSSR count). The van der Waals surface area contributed by atoms with Crippen molar-refractivity contribution in [2.45, 2.75) is 19.4 Å². The molecular formula is C18H24ClN3O2. The molecule has 24 heavy (non-hydrogen) atoms. The Hall–Kier alpha value is -2.11. The fourth-order valence-corrected chi connectivity index (χ4v) is 2.38. The van der Waals surface area contributed by atoms with Crippen molar-refractivity contribution in [3.05, 3.63) is 48.0 Å². The van der Waals surface area contributed by atoms with E-state index in [4.69, 9.17) is 5.73 Å². The Labute approximate surface area is 148 Å². The second kappa shape index (κ2) is 9.25. The van der Waals surface area contributed by atoms with Crippen molar-refractivity contribution in [1.82, 2.24) is 10.2 Å². The molecule has 130 valence electrons. The summed E-state index contributed by atoms with van der Waals surface area (Å²) in [6.07, 6.45) is 0.255. The van der Waals surface area contributed by atoms with E-state index in [0.717, 1.165) is 16.3 Å². The lowest BCUT2D eigenvalue weighted by molar-refractivity contribution is -0.133. The number of fused-ring (bicyclic) bond motifs is 1. The van der Waals surface area contributed by atoms with Gasteiger partial charge in [0.1, 0.15) is 0 Å². The Morgan fingerprint density at radius 2 is 1.83 bits per heavy atom. The van der Waals surface area contributed by atoms with Crippen molar-refractivity contribution >= 4 is 35.0 Å². The molecule has 2 aromatic rings. The zero-order chi connectivity index (χ0) is 16.8. The van der Waals surface area contributed by atoms with Crippen LogP contribution >= 0.6 is 12.4 Å². The molecule has 0 spiro atoms. The van der Waals surface area contributed by atoms with E-state index in [1.165, 1.54) is 0 Å². The number of nitrogens with two attached hydrogens (primary N) is 1. The average Bonchev–Trinajstić information content (AvgIpc) is 2.58. The van der Waals surface area contributed by atoms with Gasteiger partial charge in [0.05, 0.1) is 13.0 Å². The van der Waals surface area contributed by atoms with E-state index in [9.17, 15) is 9.59 Å². The minimum Gasteiger partial charge on any atom is -0.347 e. The molecular weight excluding hydrogens is 326 g/mol. The molecule has 1 atom stereocenters. The number of benzene rings is 2. The van der Waals surface area contributed by atoms with E-state index in [1.807, 2.05) is 49.4 Å². The zero-order valence-electron chi connectivity index (χ0n) is 14.0. The van der Waals surface area contributed by atoms with E-state index in [0.29, 0.717) is 6.54 Å². The molecule has 6 heteroatoms. The fraction of sp³-hybridized carbons (Fsp3) is 0.333. The predicted octanol–water partition coefficient (Wildman–Crippen LogP) is 1.73. The Morgan fingerprint density at radius 1 is 1.17 bits per heavy atom. The van der Waals surface area contributed by atoms with Crippen LogP contribution in [0, 0.1) is 0 Å². The highest BCUT2D eigenvalue weighted by molar-refractivity contribution is 5.91. The number of rotatable bonds is 6. The van der Waals surface area contributed by atoms with Gasteiger partial charge in [0.15, 0.2) is 0 Å². The standard InChI is InChI=1S/C18H23N3O2.ClH/c1-13(11-19)21(2)18(23)12-20-17(22)10-15-8-5-7-14-6-3-4-9-16(14)15;/h3-9,13H,10-12,19H2,1-2H3,(H,20,22);1H. The first-order chi connectivity index (χ1) is 11.0. The average molecular weight is 350 g/mol. The Kier molecular flexibility index (Phi) is 7.68. The van der Waals surface area contributed by atoms with Crippen LogP contribution < -0.4 is 11.1 Å². The number of nitrogens with one attached hydrogen (secondary N) is 1. The quantitative estimate of drug-likeness (QED) is 0.833. The molecule has 3 N–H and O–H groups in total. The number of amides is 2. The van der Waals surface area contributed by atoms with Crippen LogP contribution in [0.25, 0.3) is 10.8 Å². The predicted molar refractivity (Wildman–Crippen MR) is 99.2 cm³/mol. The van der Waals surface area contributed by atoms with E-state index in [1.54, 1.807) is 11.9 Å². The lowest BCUT2D eigenvalue weighted by Gasteiger charge is -2.23. The van der Waals surface area contributed by atoms with Crippen molar-refractivity contribution < 1.29 is 9.59 Å². The SMILES string of the molecule is CC(CN)N(C)C(=O)CNC(=O)Cc1cccc2ccccc12.Cl. The molecule has 0 aliphatic rings. The second-order valence-corrected chi connectivity index (χ2v) is 5.68. The lowest BCUT2D eigenvalue weighted by Crippen LogP contribution is -2.45. The number of nitrogens with zero attached hydrogens (tertiary/aromatic N) is 1. The second-order valence-electron chi connectivity index (χ2n) is 5.68. The Bertz CT molecular complexity index is 700. The summed E-state index contributed by atoms with van der Waals surface area (Å²) in [5, 5.41) is 4.85. The Morgan fingerprint density at radius 3 is 2.54 bits per heavy atom. The van der Waals surface area contributed by atoms with Crippen molar-refractivity contribution in [3.8, 4) is 0 Å². The first kappa shape index (κ1) is 19.9. The third kappa shape index (κ3) is 4.94. The van der Waals surface area contributed by atoms with Gasteiger partial charge in [0.2, 0.25) is 11.8 Å². The highest BCUT2D eigenvalue weighted by atomic mass is 35.5. The Balaban J connectivity index is 0.00000288. The molecule has 0 aliphatic heterocycles. The van der Waals surface area contributed by atoms with Gasteiger partial charge in [-0.3, -0.25) is 9.59 Å². The first-order valence-corrected chi connectivity index (χ1v) is 7.72. The summed E-state index contributed by atoms with van der Waals surface area (Å²) in [7, 11) is 1.69. The molecule has 0 bridgehead atoms. The van der Waals surface area contributed by atoms with Crippen LogP contribution in [-0.2, 0) is 16.0 Å². The molecule has 0 saturated heterocycles. The summed E-state index contributed by atoms with van der Waals surface area (Å²) < 4.78 is 0. The lowest BCUT2D eigenvalue weighted by atomic mass is 10.0. The van der Waals surface area contributed by atoms with E-state index < -0.39 is 0 Å². The summed E-state index contributed by atoms with van der Waals surface area (Å²) in [6, 6.07) is 13.8. The number of hydrogen-bond acceptors (Lipinski definition) is 3. The molecule has 0 radical (unpaired) electrons. The van der Waals surface area contributed by atoms with Gasteiger partial charge < -0.3 is 16.0 Å². The third-order valence-electron chi connectivity index (χ3n) is 4.06. The maximum atomic E-state index is 12.1. The van der Waals surface area contributed by atoms with Crippen molar-refractivity contribution in [3.63, 3.8) is 0 Å². The van der Waals surface area contributed by atoms with Crippen molar-refractivity contribution in [1.29, 1.82) is 0 Å². The molecule has 0 aliphatic carbocycles. The van der Waals surface area contributed by atoms with Gasteiger partial charge in [0.25, 0.3) is 0 Å². The largest absolute Gasteiger partial charge is 0.347 e. The molecule has 0 heterocycles. The smallest absolute Gasteiger partial charge is 0.241 e. The minimum atomic E-state index is -0.163. The number of likely N-dealkylation sites (N-methyl/N-ethyl adjacent to an activating group) is 1. The van der Waals surface area contributed by atoms with Gasteiger partial charge >= 0.3 is 0 Å². The topological polar surface area (TPSA) is 75.4 Å². The van der Waals surface area contributed by atoms with Gasteiger partial charge in [-0.2, -0.15) is 0 Å². The van der Waals surface area contributed by atoms with Gasteiger partial charge in [-0.1, -0.05) is 42.5 Å². The minimum absolute atomic E-state index is 0. The molecule has 0 saturated carbocycles. The normalized spacial score (nSPS) is 11.5. The zero-order valence-corrected chi connectivity index (χ0v) is 14.8. The number of hydrogen-bond donors (Lipinski definition) is 2. The van der Waals surface area contributed by atoms with E-state index >= 15 is 0 Å². The molecule has 1 unspecified atom stereocenters. The van der Waals surface area contributed by atoms with Crippen molar-refractivity contribution in [2.24, 2.45) is 5.73 Å². The highest BCUT2D eigenvalue weighted by Crippen LogP contribution is 2.18. The number of carbonyl (C=O) groups excluding carboxylic acids is 2. The summed E-state index contributed by atoms with van der Waals surface area (Å²) in [5.74, 6) is -0.308. The monoisotopic (exact) mass is 349 g/mol. The molecule has 2 amide bonds.